The highest BCUT2D eigenvalue weighted by atomic mass is 19.1. The minimum Gasteiger partial charge on any atom is -0.336 e. The van der Waals surface area contributed by atoms with E-state index in [1.807, 2.05) is 6.07 Å². The van der Waals surface area contributed by atoms with Crippen molar-refractivity contribution in [2.75, 3.05) is 5.32 Å². The van der Waals surface area contributed by atoms with Crippen molar-refractivity contribution in [1.29, 1.82) is 5.26 Å². The van der Waals surface area contributed by atoms with Gasteiger partial charge in [0.1, 0.15) is 23.5 Å². The molecule has 0 saturated carbocycles. The molecule has 0 amide bonds. The average molecular weight is 246 g/mol. The molecule has 1 aromatic carbocycles. The maximum absolute atomic E-state index is 13.5. The second kappa shape index (κ2) is 4.75. The van der Waals surface area contributed by atoms with Crippen LogP contribution in [-0.4, -0.2) is 9.97 Å². The van der Waals surface area contributed by atoms with Crippen molar-refractivity contribution in [3.05, 3.63) is 47.4 Å². The topological polar surface area (TPSA) is 61.6 Å². The predicted octanol–water partition coefficient (Wildman–Crippen LogP) is 2.68. The summed E-state index contributed by atoms with van der Waals surface area (Å²) >= 11 is 0. The second-order valence-corrected chi connectivity index (χ2v) is 3.60. The Balaban J connectivity index is 2.28. The van der Waals surface area contributed by atoms with E-state index in [1.165, 1.54) is 19.3 Å². The van der Waals surface area contributed by atoms with Crippen LogP contribution in [0.25, 0.3) is 0 Å². The maximum atomic E-state index is 13.5. The molecule has 0 unspecified atom stereocenters. The smallest absolute Gasteiger partial charge is 0.158 e. The van der Waals surface area contributed by atoms with Crippen LogP contribution >= 0.6 is 0 Å². The van der Waals surface area contributed by atoms with Gasteiger partial charge in [0.15, 0.2) is 5.69 Å². The molecule has 0 fully saturated rings. The van der Waals surface area contributed by atoms with E-state index in [0.29, 0.717) is 0 Å². The summed E-state index contributed by atoms with van der Waals surface area (Å²) in [4.78, 5) is 7.61. The standard InChI is InChI=1S/C12H8F2N4/c1-7-2-10(14)11(3-9(7)13)18-12-6-16-8(4-15)5-17-12/h2-3,5-6H,1H3,(H,17,18). The van der Waals surface area contributed by atoms with Crippen molar-refractivity contribution < 1.29 is 8.78 Å². The van der Waals surface area contributed by atoms with E-state index >= 15 is 0 Å². The lowest BCUT2D eigenvalue weighted by Gasteiger charge is -2.07. The van der Waals surface area contributed by atoms with Gasteiger partial charge < -0.3 is 5.32 Å². The van der Waals surface area contributed by atoms with E-state index in [4.69, 9.17) is 5.26 Å². The van der Waals surface area contributed by atoms with E-state index < -0.39 is 11.6 Å². The van der Waals surface area contributed by atoms with E-state index in [-0.39, 0.29) is 22.8 Å². The first-order valence-electron chi connectivity index (χ1n) is 5.05. The molecule has 90 valence electrons. The molecule has 1 N–H and O–H groups in total. The van der Waals surface area contributed by atoms with Crippen LogP contribution < -0.4 is 5.32 Å². The van der Waals surface area contributed by atoms with Crippen LogP contribution in [-0.2, 0) is 0 Å². The number of rotatable bonds is 2. The van der Waals surface area contributed by atoms with Crippen molar-refractivity contribution in [3.63, 3.8) is 0 Å². The first-order chi connectivity index (χ1) is 8.60. The highest BCUT2D eigenvalue weighted by Gasteiger charge is 2.08. The lowest BCUT2D eigenvalue weighted by molar-refractivity contribution is 0.595. The van der Waals surface area contributed by atoms with Crippen LogP contribution in [0.4, 0.5) is 20.3 Å². The molecule has 4 nitrogen and oxygen atoms in total. The molecule has 0 bridgehead atoms. The molecule has 0 atom stereocenters. The molecule has 0 saturated heterocycles. The molecule has 18 heavy (non-hydrogen) atoms. The summed E-state index contributed by atoms with van der Waals surface area (Å²) in [5.41, 5.74) is 0.345. The number of aromatic nitrogens is 2. The second-order valence-electron chi connectivity index (χ2n) is 3.60. The van der Waals surface area contributed by atoms with Gasteiger partial charge in [0.25, 0.3) is 0 Å². The molecule has 0 aliphatic carbocycles. The van der Waals surface area contributed by atoms with Crippen molar-refractivity contribution in [2.45, 2.75) is 6.92 Å². The number of hydrogen-bond donors (Lipinski definition) is 1. The molecular weight excluding hydrogens is 238 g/mol. The van der Waals surface area contributed by atoms with Gasteiger partial charge in [-0.25, -0.2) is 18.7 Å². The zero-order valence-electron chi connectivity index (χ0n) is 9.41. The summed E-state index contributed by atoms with van der Waals surface area (Å²) in [5, 5.41) is 11.1. The molecule has 0 aliphatic rings. The first kappa shape index (κ1) is 11.9. The summed E-state index contributed by atoms with van der Waals surface area (Å²) < 4.78 is 26.8. The van der Waals surface area contributed by atoms with Crippen molar-refractivity contribution in [1.82, 2.24) is 9.97 Å². The number of anilines is 2. The van der Waals surface area contributed by atoms with Crippen molar-refractivity contribution in [3.8, 4) is 6.07 Å². The highest BCUT2D eigenvalue weighted by Crippen LogP contribution is 2.21. The minimum absolute atomic E-state index is 0.0305. The Kier molecular flexibility index (Phi) is 3.15. The van der Waals surface area contributed by atoms with Gasteiger partial charge in [0.2, 0.25) is 0 Å². The van der Waals surface area contributed by atoms with E-state index in [2.05, 4.69) is 15.3 Å². The Morgan fingerprint density at radius 2 is 1.94 bits per heavy atom. The fraction of sp³-hybridized carbons (Fsp3) is 0.0833. The normalized spacial score (nSPS) is 9.89. The summed E-state index contributed by atoms with van der Waals surface area (Å²) in [6, 6.07) is 3.95. The van der Waals surface area contributed by atoms with Gasteiger partial charge in [-0.2, -0.15) is 5.26 Å². The van der Waals surface area contributed by atoms with Gasteiger partial charge in [0.05, 0.1) is 18.1 Å². The maximum Gasteiger partial charge on any atom is 0.158 e. The SMILES string of the molecule is Cc1cc(F)c(Nc2cnc(C#N)cn2)cc1F. The number of halogens is 2. The van der Waals surface area contributed by atoms with Crippen molar-refractivity contribution in [2.24, 2.45) is 0 Å². The van der Waals surface area contributed by atoms with Crippen LogP contribution in [0.5, 0.6) is 0 Å². The molecule has 0 spiro atoms. The molecule has 1 aromatic heterocycles. The van der Waals surface area contributed by atoms with Gasteiger partial charge in [-0.05, 0) is 18.6 Å². The monoisotopic (exact) mass is 246 g/mol. The van der Waals surface area contributed by atoms with Crippen LogP contribution in [0.3, 0.4) is 0 Å². The van der Waals surface area contributed by atoms with E-state index in [0.717, 1.165) is 12.1 Å². The zero-order chi connectivity index (χ0) is 13.1. The predicted molar refractivity (Wildman–Crippen MR) is 61.1 cm³/mol. The van der Waals surface area contributed by atoms with Gasteiger partial charge in [-0.15, -0.1) is 0 Å². The Morgan fingerprint density at radius 1 is 1.17 bits per heavy atom. The van der Waals surface area contributed by atoms with Crippen LogP contribution in [0.15, 0.2) is 24.5 Å². The minimum atomic E-state index is -0.583. The number of nitrogens with one attached hydrogen (secondary N) is 1. The third kappa shape index (κ3) is 2.40. The molecule has 0 aliphatic heterocycles. The molecule has 2 rings (SSSR count). The third-order valence-electron chi connectivity index (χ3n) is 2.28. The third-order valence-corrected chi connectivity index (χ3v) is 2.28. The van der Waals surface area contributed by atoms with E-state index in [9.17, 15) is 8.78 Å². The molecule has 1 heterocycles. The van der Waals surface area contributed by atoms with Gasteiger partial charge in [-0.1, -0.05) is 0 Å². The van der Waals surface area contributed by atoms with Gasteiger partial charge >= 0.3 is 0 Å². The van der Waals surface area contributed by atoms with Crippen molar-refractivity contribution >= 4 is 11.5 Å². The summed E-state index contributed by atoms with van der Waals surface area (Å²) in [6.45, 7) is 1.48. The van der Waals surface area contributed by atoms with Crippen LogP contribution in [0.2, 0.25) is 0 Å². The fourth-order valence-electron chi connectivity index (χ4n) is 1.33. The first-order valence-corrected chi connectivity index (χ1v) is 5.05. The molecular formula is C12H8F2N4. The Labute approximate surface area is 102 Å². The molecule has 6 heteroatoms. The van der Waals surface area contributed by atoms with E-state index in [1.54, 1.807) is 0 Å². The van der Waals surface area contributed by atoms with Crippen LogP contribution in [0, 0.1) is 29.9 Å². The molecule has 2 aromatic rings. The van der Waals surface area contributed by atoms with Crippen LogP contribution in [0.1, 0.15) is 11.3 Å². The lowest BCUT2D eigenvalue weighted by Crippen LogP contribution is -1.99. The number of nitrogens with zero attached hydrogens (tertiary/aromatic N) is 3. The average Bonchev–Trinajstić information content (AvgIpc) is 2.37. The number of hydrogen-bond acceptors (Lipinski definition) is 4. The van der Waals surface area contributed by atoms with Gasteiger partial charge in [0, 0.05) is 6.07 Å². The highest BCUT2D eigenvalue weighted by molar-refractivity contribution is 5.57. The summed E-state index contributed by atoms with van der Waals surface area (Å²) in [7, 11) is 0. The zero-order valence-corrected chi connectivity index (χ0v) is 9.41. The molecule has 0 radical (unpaired) electrons. The van der Waals surface area contributed by atoms with Gasteiger partial charge in [-0.3, -0.25) is 0 Å². The Morgan fingerprint density at radius 3 is 2.56 bits per heavy atom. The number of aryl methyl sites for hydroxylation is 1. The Hall–Kier alpha value is -2.55. The Bertz CT molecular complexity index is 617. The quantitative estimate of drug-likeness (QED) is 0.884. The number of nitriles is 1. The fourth-order valence-corrected chi connectivity index (χ4v) is 1.33. The summed E-state index contributed by atoms with van der Waals surface area (Å²) in [5.74, 6) is -0.864. The largest absolute Gasteiger partial charge is 0.336 e. The number of benzene rings is 1. The summed E-state index contributed by atoms with van der Waals surface area (Å²) in [6.07, 6.45) is 2.51. The lowest BCUT2D eigenvalue weighted by atomic mass is 10.2.